The number of hydrogen-bond acceptors (Lipinski definition) is 0. The Morgan fingerprint density at radius 2 is 0.696 bits per heavy atom. The van der Waals surface area contributed by atoms with Gasteiger partial charge >= 0.3 is 0 Å². The van der Waals surface area contributed by atoms with E-state index in [4.69, 9.17) is 0 Å². The van der Waals surface area contributed by atoms with Crippen LogP contribution in [0, 0.1) is 0 Å². The van der Waals surface area contributed by atoms with Gasteiger partial charge in [-0.05, 0) is 39.5 Å². The first-order chi connectivity index (χ1) is 11.1. The Hall–Kier alpha value is -0.0800. The van der Waals surface area contributed by atoms with Gasteiger partial charge in [-0.1, -0.05) is 53.4 Å². The fourth-order valence-corrected chi connectivity index (χ4v) is 3.95. The Morgan fingerprint density at radius 3 is 0.870 bits per heavy atom. The fourth-order valence-electron chi connectivity index (χ4n) is 3.95. The van der Waals surface area contributed by atoms with Crippen LogP contribution in [0.4, 0.5) is 0 Å². The highest BCUT2D eigenvalue weighted by Gasteiger charge is 2.36. The minimum absolute atomic E-state index is 1.32. The van der Waals surface area contributed by atoms with E-state index in [0.29, 0.717) is 0 Å². The summed E-state index contributed by atoms with van der Waals surface area (Å²) in [5, 5.41) is 0. The number of hydrogen-bond donors (Lipinski definition) is 0. The van der Waals surface area contributed by atoms with Crippen LogP contribution in [-0.4, -0.2) is 54.9 Å². The Balaban J connectivity index is 5.24. The van der Waals surface area contributed by atoms with E-state index in [1.165, 1.54) is 106 Å². The molecular weight excluding hydrogens is 280 g/mol. The minimum Gasteiger partial charge on any atom is -0.277 e. The third-order valence-corrected chi connectivity index (χ3v) is 5.89. The van der Waals surface area contributed by atoms with Gasteiger partial charge in [-0.25, -0.2) is 0 Å². The molecule has 0 heterocycles. The third kappa shape index (κ3) is 8.54. The van der Waals surface area contributed by atoms with Gasteiger partial charge in [0.15, 0.2) is 0 Å². The van der Waals surface area contributed by atoms with Crippen molar-refractivity contribution in [1.29, 1.82) is 0 Å². The maximum absolute atomic E-state index is 2.44. The Bertz CT molecular complexity index is 221. The standard InChI is InChI=1S/C21H48N2/c1-7-13-17-22(11-5,18-14-8-2)21-23(12-6,19-15-9-3)20-16-10-4/h7-21H2,1-6H3/q+2. The van der Waals surface area contributed by atoms with E-state index in [2.05, 4.69) is 41.5 Å². The van der Waals surface area contributed by atoms with Crippen LogP contribution in [0.5, 0.6) is 0 Å². The molecule has 0 amide bonds. The molecule has 0 radical (unpaired) electrons. The summed E-state index contributed by atoms with van der Waals surface area (Å²) < 4.78 is 2.73. The molecule has 140 valence electrons. The number of rotatable bonds is 16. The minimum atomic E-state index is 1.32. The lowest BCUT2D eigenvalue weighted by molar-refractivity contribution is -1.10. The van der Waals surface area contributed by atoms with Gasteiger partial charge in [0.1, 0.15) is 0 Å². The molecule has 0 bridgehead atoms. The molecule has 0 aromatic heterocycles. The molecule has 0 aromatic rings. The molecular formula is C21H48N2+2. The summed E-state index contributed by atoms with van der Waals surface area (Å²) >= 11 is 0. The second-order valence-electron chi connectivity index (χ2n) is 7.77. The van der Waals surface area contributed by atoms with Gasteiger partial charge < -0.3 is 0 Å². The van der Waals surface area contributed by atoms with E-state index in [9.17, 15) is 0 Å². The number of unbranched alkanes of at least 4 members (excludes halogenated alkanes) is 4. The van der Waals surface area contributed by atoms with Crippen molar-refractivity contribution in [2.24, 2.45) is 0 Å². The van der Waals surface area contributed by atoms with Gasteiger partial charge in [0.25, 0.3) is 0 Å². The van der Waals surface area contributed by atoms with Crippen LogP contribution < -0.4 is 0 Å². The van der Waals surface area contributed by atoms with Crippen molar-refractivity contribution in [3.63, 3.8) is 0 Å². The van der Waals surface area contributed by atoms with Crippen LogP contribution in [0.25, 0.3) is 0 Å². The zero-order chi connectivity index (χ0) is 17.6. The van der Waals surface area contributed by atoms with Gasteiger partial charge in [-0.3, -0.25) is 8.97 Å². The zero-order valence-electron chi connectivity index (χ0n) is 17.5. The topological polar surface area (TPSA) is 0 Å². The van der Waals surface area contributed by atoms with Crippen molar-refractivity contribution in [3.8, 4) is 0 Å². The molecule has 0 aliphatic carbocycles. The summed E-state index contributed by atoms with van der Waals surface area (Å²) in [7, 11) is 0. The highest BCUT2D eigenvalue weighted by atomic mass is 15.5. The van der Waals surface area contributed by atoms with Crippen molar-refractivity contribution in [1.82, 2.24) is 0 Å². The Kier molecular flexibility index (Phi) is 13.2. The largest absolute Gasteiger partial charge is 0.277 e. The van der Waals surface area contributed by atoms with Gasteiger partial charge in [0.05, 0.1) is 39.3 Å². The molecule has 0 saturated heterocycles. The van der Waals surface area contributed by atoms with Crippen LogP contribution >= 0.6 is 0 Å². The van der Waals surface area contributed by atoms with Crippen molar-refractivity contribution in [3.05, 3.63) is 0 Å². The molecule has 0 atom stereocenters. The second-order valence-corrected chi connectivity index (χ2v) is 7.77. The summed E-state index contributed by atoms with van der Waals surface area (Å²) in [6, 6.07) is 0. The average Bonchev–Trinajstić information content (AvgIpc) is 2.60. The lowest BCUT2D eigenvalue weighted by atomic mass is 10.1. The quantitative estimate of drug-likeness (QED) is 0.247. The van der Waals surface area contributed by atoms with E-state index >= 15 is 0 Å². The first-order valence-corrected chi connectivity index (χ1v) is 10.8. The predicted octanol–water partition coefficient (Wildman–Crippen LogP) is 5.82. The van der Waals surface area contributed by atoms with E-state index in [1.807, 2.05) is 0 Å². The van der Waals surface area contributed by atoms with Gasteiger partial charge in [0.2, 0.25) is 6.67 Å². The smallest absolute Gasteiger partial charge is 0.207 e. The molecule has 23 heavy (non-hydrogen) atoms. The lowest BCUT2D eigenvalue weighted by Gasteiger charge is -2.47. The predicted molar refractivity (Wildman–Crippen MR) is 106 cm³/mol. The Labute approximate surface area is 148 Å². The van der Waals surface area contributed by atoms with E-state index in [1.54, 1.807) is 0 Å². The molecule has 2 heteroatoms. The second kappa shape index (κ2) is 13.2. The molecule has 0 saturated carbocycles. The SMILES string of the molecule is CCCC[N+](CC)(CCCC)C[N+](CC)(CCCC)CCCC. The zero-order valence-corrected chi connectivity index (χ0v) is 17.5. The molecule has 0 rings (SSSR count). The van der Waals surface area contributed by atoms with E-state index in [-0.39, 0.29) is 0 Å². The van der Waals surface area contributed by atoms with Crippen LogP contribution in [0.15, 0.2) is 0 Å². The van der Waals surface area contributed by atoms with E-state index in [0.717, 1.165) is 0 Å². The monoisotopic (exact) mass is 328 g/mol. The molecule has 0 N–H and O–H groups in total. The molecule has 2 nitrogen and oxygen atoms in total. The summed E-state index contributed by atoms with van der Waals surface area (Å²) in [5.41, 5.74) is 0. The molecule has 0 aromatic carbocycles. The van der Waals surface area contributed by atoms with Crippen molar-refractivity contribution in [2.45, 2.75) is 92.9 Å². The van der Waals surface area contributed by atoms with Crippen LogP contribution in [-0.2, 0) is 0 Å². The summed E-state index contributed by atoms with van der Waals surface area (Å²) in [6.45, 7) is 23.9. The normalized spacial score (nSPS) is 12.8. The van der Waals surface area contributed by atoms with Gasteiger partial charge in [-0.2, -0.15) is 0 Å². The maximum atomic E-state index is 2.44. The van der Waals surface area contributed by atoms with Crippen molar-refractivity contribution >= 4 is 0 Å². The molecule has 0 spiro atoms. The lowest BCUT2D eigenvalue weighted by Crippen LogP contribution is -2.64. The molecule has 0 fully saturated rings. The first-order valence-electron chi connectivity index (χ1n) is 10.8. The van der Waals surface area contributed by atoms with E-state index < -0.39 is 0 Å². The van der Waals surface area contributed by atoms with Crippen molar-refractivity contribution < 1.29 is 8.97 Å². The van der Waals surface area contributed by atoms with Crippen LogP contribution in [0.1, 0.15) is 92.9 Å². The van der Waals surface area contributed by atoms with Crippen LogP contribution in [0.2, 0.25) is 0 Å². The Morgan fingerprint density at radius 1 is 0.435 bits per heavy atom. The maximum Gasteiger partial charge on any atom is 0.207 e. The summed E-state index contributed by atoms with van der Waals surface area (Å²) in [5.74, 6) is 0. The number of nitrogens with zero attached hydrogens (tertiary/aromatic N) is 2. The molecule has 0 unspecified atom stereocenters. The van der Waals surface area contributed by atoms with Gasteiger partial charge in [-0.15, -0.1) is 0 Å². The van der Waals surface area contributed by atoms with Crippen molar-refractivity contribution in [2.75, 3.05) is 45.9 Å². The highest BCUT2D eigenvalue weighted by molar-refractivity contribution is 4.48. The average molecular weight is 329 g/mol. The van der Waals surface area contributed by atoms with Crippen LogP contribution in [0.3, 0.4) is 0 Å². The number of quaternary nitrogens is 2. The fraction of sp³-hybridized carbons (Fsp3) is 1.00. The summed E-state index contributed by atoms with van der Waals surface area (Å²) in [6.07, 6.45) is 10.9. The first kappa shape index (κ1) is 22.9. The molecule has 0 aliphatic heterocycles. The third-order valence-electron chi connectivity index (χ3n) is 5.89. The molecule has 0 aliphatic rings. The summed E-state index contributed by atoms with van der Waals surface area (Å²) in [4.78, 5) is 0. The van der Waals surface area contributed by atoms with Gasteiger partial charge in [0, 0.05) is 0 Å². The highest BCUT2D eigenvalue weighted by Crippen LogP contribution is 2.21.